The average molecular weight is 245 g/mol. The number of hydrogen-bond acceptors (Lipinski definition) is 1. The van der Waals surface area contributed by atoms with Gasteiger partial charge in [0.15, 0.2) is 0 Å². The summed E-state index contributed by atoms with van der Waals surface area (Å²) in [5, 5.41) is 0. The molecule has 1 atom stereocenters. The van der Waals surface area contributed by atoms with Crippen molar-refractivity contribution in [2.24, 2.45) is 17.6 Å². The van der Waals surface area contributed by atoms with E-state index in [2.05, 4.69) is 45.0 Å². The van der Waals surface area contributed by atoms with Gasteiger partial charge >= 0.3 is 0 Å². The van der Waals surface area contributed by atoms with Crippen LogP contribution in [0.2, 0.25) is 0 Å². The first-order chi connectivity index (χ1) is 8.55. The van der Waals surface area contributed by atoms with Crippen molar-refractivity contribution in [3.8, 4) is 0 Å². The van der Waals surface area contributed by atoms with E-state index in [0.717, 1.165) is 5.92 Å². The van der Waals surface area contributed by atoms with Crippen molar-refractivity contribution in [2.45, 2.75) is 58.4 Å². The number of aryl methyl sites for hydroxylation is 1. The Bertz CT molecular complexity index is 386. The third kappa shape index (κ3) is 2.61. The summed E-state index contributed by atoms with van der Waals surface area (Å²) in [6.07, 6.45) is 6.64. The Morgan fingerprint density at radius 1 is 1.17 bits per heavy atom. The van der Waals surface area contributed by atoms with Gasteiger partial charge in [-0.15, -0.1) is 0 Å². The van der Waals surface area contributed by atoms with Crippen LogP contribution >= 0.6 is 0 Å². The van der Waals surface area contributed by atoms with Gasteiger partial charge in [0.25, 0.3) is 0 Å². The van der Waals surface area contributed by atoms with Gasteiger partial charge in [-0.2, -0.15) is 0 Å². The average Bonchev–Trinajstić information content (AvgIpc) is 2.39. The molecule has 2 N–H and O–H groups in total. The van der Waals surface area contributed by atoms with Crippen molar-refractivity contribution >= 4 is 0 Å². The van der Waals surface area contributed by atoms with Gasteiger partial charge in [-0.05, 0) is 49.7 Å². The molecule has 1 fully saturated rings. The highest BCUT2D eigenvalue weighted by molar-refractivity contribution is 5.32. The van der Waals surface area contributed by atoms with Crippen LogP contribution in [-0.4, -0.2) is 0 Å². The molecule has 1 nitrogen and oxygen atoms in total. The van der Waals surface area contributed by atoms with E-state index in [0.29, 0.717) is 5.92 Å². The van der Waals surface area contributed by atoms with E-state index in [1.54, 1.807) is 0 Å². The second-order valence-corrected chi connectivity index (χ2v) is 6.22. The Balaban J connectivity index is 2.14. The summed E-state index contributed by atoms with van der Waals surface area (Å²) in [6.45, 7) is 6.72. The van der Waals surface area contributed by atoms with Crippen LogP contribution in [0.1, 0.15) is 57.1 Å². The van der Waals surface area contributed by atoms with Gasteiger partial charge in [0, 0.05) is 5.54 Å². The maximum Gasteiger partial charge on any atom is 0.0412 e. The van der Waals surface area contributed by atoms with Gasteiger partial charge in [0.1, 0.15) is 0 Å². The molecule has 1 aliphatic carbocycles. The highest BCUT2D eigenvalue weighted by Gasteiger charge is 2.35. The molecule has 1 aromatic carbocycles. The van der Waals surface area contributed by atoms with Crippen molar-refractivity contribution < 1.29 is 0 Å². The summed E-state index contributed by atoms with van der Waals surface area (Å²) < 4.78 is 0. The molecule has 0 heterocycles. The minimum Gasteiger partial charge on any atom is -0.321 e. The highest BCUT2D eigenvalue weighted by Crippen LogP contribution is 2.40. The minimum absolute atomic E-state index is 0.163. The van der Waals surface area contributed by atoms with Gasteiger partial charge in [-0.25, -0.2) is 0 Å². The van der Waals surface area contributed by atoms with E-state index in [4.69, 9.17) is 5.73 Å². The summed E-state index contributed by atoms with van der Waals surface area (Å²) in [5.41, 5.74) is 9.21. The minimum atomic E-state index is -0.163. The number of nitrogens with two attached hydrogens (primary N) is 1. The summed E-state index contributed by atoms with van der Waals surface area (Å²) >= 11 is 0. The lowest BCUT2D eigenvalue weighted by Gasteiger charge is -2.40. The molecule has 1 aromatic rings. The molecule has 0 saturated heterocycles. The lowest BCUT2D eigenvalue weighted by molar-refractivity contribution is 0.182. The molecule has 1 aliphatic rings. The second kappa shape index (κ2) is 5.44. The van der Waals surface area contributed by atoms with E-state index >= 15 is 0 Å². The maximum atomic E-state index is 6.70. The summed E-state index contributed by atoms with van der Waals surface area (Å²) in [4.78, 5) is 0. The van der Waals surface area contributed by atoms with Gasteiger partial charge in [-0.3, -0.25) is 0 Å². The van der Waals surface area contributed by atoms with E-state index in [9.17, 15) is 0 Å². The second-order valence-electron chi connectivity index (χ2n) is 6.22. The van der Waals surface area contributed by atoms with E-state index in [1.165, 1.54) is 43.2 Å². The Kier molecular flexibility index (Phi) is 4.11. The molecule has 1 heteroatoms. The van der Waals surface area contributed by atoms with E-state index in [1.807, 2.05) is 0 Å². The first-order valence-electron chi connectivity index (χ1n) is 7.40. The lowest BCUT2D eigenvalue weighted by Crippen LogP contribution is -2.43. The van der Waals surface area contributed by atoms with Crippen LogP contribution in [0.3, 0.4) is 0 Å². The summed E-state index contributed by atoms with van der Waals surface area (Å²) in [5.74, 6) is 1.58. The summed E-state index contributed by atoms with van der Waals surface area (Å²) in [7, 11) is 0. The van der Waals surface area contributed by atoms with E-state index < -0.39 is 0 Å². The van der Waals surface area contributed by atoms with Crippen LogP contribution < -0.4 is 5.73 Å². The molecular formula is C17H27N. The smallest absolute Gasteiger partial charge is 0.0412 e. The van der Waals surface area contributed by atoms with Crippen molar-refractivity contribution in [3.05, 3.63) is 35.4 Å². The quantitative estimate of drug-likeness (QED) is 0.840. The lowest BCUT2D eigenvalue weighted by atomic mass is 9.69. The van der Waals surface area contributed by atoms with Crippen molar-refractivity contribution in [1.29, 1.82) is 0 Å². The summed E-state index contributed by atoms with van der Waals surface area (Å²) in [6, 6.07) is 8.60. The monoisotopic (exact) mass is 245 g/mol. The van der Waals surface area contributed by atoms with Gasteiger partial charge < -0.3 is 5.73 Å². The Morgan fingerprint density at radius 3 is 2.33 bits per heavy atom. The number of benzene rings is 1. The molecule has 0 radical (unpaired) electrons. The van der Waals surface area contributed by atoms with Crippen LogP contribution in [0.5, 0.6) is 0 Å². The zero-order valence-corrected chi connectivity index (χ0v) is 12.1. The molecule has 0 aromatic heterocycles. The third-order valence-corrected chi connectivity index (χ3v) is 5.00. The molecule has 100 valence electrons. The van der Waals surface area contributed by atoms with Gasteiger partial charge in [0.05, 0.1) is 0 Å². The maximum absolute atomic E-state index is 6.70. The van der Waals surface area contributed by atoms with Crippen LogP contribution in [0.15, 0.2) is 24.3 Å². The molecular weight excluding hydrogens is 218 g/mol. The predicted molar refractivity (Wildman–Crippen MR) is 78.5 cm³/mol. The Labute approximate surface area is 112 Å². The Hall–Kier alpha value is -0.820. The van der Waals surface area contributed by atoms with Crippen LogP contribution in [0.25, 0.3) is 0 Å². The molecule has 0 amide bonds. The zero-order valence-electron chi connectivity index (χ0n) is 12.1. The Morgan fingerprint density at radius 2 is 1.78 bits per heavy atom. The molecule has 1 unspecified atom stereocenters. The predicted octanol–water partition coefficient (Wildman–Crippen LogP) is 4.39. The van der Waals surface area contributed by atoms with Crippen molar-refractivity contribution in [1.82, 2.24) is 0 Å². The largest absolute Gasteiger partial charge is 0.321 e. The molecule has 0 spiro atoms. The molecule has 0 bridgehead atoms. The zero-order chi connectivity index (χ0) is 13.2. The van der Waals surface area contributed by atoms with Crippen LogP contribution in [-0.2, 0) is 5.54 Å². The molecule has 2 rings (SSSR count). The van der Waals surface area contributed by atoms with Crippen molar-refractivity contribution in [2.75, 3.05) is 0 Å². The SMILES string of the molecule is CCC1CCC(C(C)(N)c2ccccc2C)CC1. The molecule has 0 aliphatic heterocycles. The third-order valence-electron chi connectivity index (χ3n) is 5.00. The first kappa shape index (κ1) is 13.6. The fourth-order valence-electron chi connectivity index (χ4n) is 3.57. The van der Waals surface area contributed by atoms with Crippen LogP contribution in [0, 0.1) is 18.8 Å². The van der Waals surface area contributed by atoms with E-state index in [-0.39, 0.29) is 5.54 Å². The molecule has 1 saturated carbocycles. The normalized spacial score (nSPS) is 27.8. The standard InChI is InChI=1S/C17H27N/c1-4-14-9-11-15(12-10-14)17(3,18)16-8-6-5-7-13(16)2/h5-8,14-15H,4,9-12,18H2,1-3H3. The fourth-order valence-corrected chi connectivity index (χ4v) is 3.57. The van der Waals surface area contributed by atoms with Gasteiger partial charge in [-0.1, -0.05) is 50.5 Å². The number of rotatable bonds is 3. The van der Waals surface area contributed by atoms with Gasteiger partial charge in [0.2, 0.25) is 0 Å². The van der Waals surface area contributed by atoms with Crippen LogP contribution in [0.4, 0.5) is 0 Å². The highest BCUT2D eigenvalue weighted by atomic mass is 14.8. The first-order valence-corrected chi connectivity index (χ1v) is 7.40. The topological polar surface area (TPSA) is 26.0 Å². The van der Waals surface area contributed by atoms with Crippen molar-refractivity contribution in [3.63, 3.8) is 0 Å². The number of hydrogen-bond donors (Lipinski definition) is 1. The fraction of sp³-hybridized carbons (Fsp3) is 0.647. The molecule has 18 heavy (non-hydrogen) atoms.